The van der Waals surface area contributed by atoms with Crippen molar-refractivity contribution in [1.82, 2.24) is 9.80 Å². The molecule has 2 unspecified atom stereocenters. The summed E-state index contributed by atoms with van der Waals surface area (Å²) in [6.07, 6.45) is 5.66. The number of aliphatic hydroxyl groups excluding tert-OH is 1. The van der Waals surface area contributed by atoms with E-state index in [9.17, 15) is 19.5 Å². The third-order valence-electron chi connectivity index (χ3n) is 8.38. The molecule has 0 aliphatic carbocycles. The number of esters is 1. The Hall–Kier alpha value is -1.93. The van der Waals surface area contributed by atoms with Gasteiger partial charge in [-0.25, -0.2) is 0 Å². The number of rotatable bonds is 12. The minimum Gasteiger partial charge on any atom is -0.466 e. The number of fused-ring (bicyclic) bond motifs is 1. The lowest BCUT2D eigenvalue weighted by Gasteiger charge is -2.45. The van der Waals surface area contributed by atoms with Crippen LogP contribution in [0.2, 0.25) is 0 Å². The number of amides is 2. The van der Waals surface area contributed by atoms with Gasteiger partial charge in [0.25, 0.3) is 0 Å². The van der Waals surface area contributed by atoms with Gasteiger partial charge in [-0.2, -0.15) is 0 Å². The van der Waals surface area contributed by atoms with Crippen LogP contribution in [0.15, 0.2) is 12.7 Å². The van der Waals surface area contributed by atoms with Gasteiger partial charge in [0, 0.05) is 25.2 Å². The molecule has 210 valence electrons. The fraction of sp³-hybridized carbons (Fsp3) is 0.828. The lowest BCUT2D eigenvalue weighted by atomic mass is 9.66. The molecule has 2 amide bonds. The van der Waals surface area contributed by atoms with Crippen molar-refractivity contribution in [1.29, 1.82) is 0 Å². The first-order valence-electron chi connectivity index (χ1n) is 13.9. The summed E-state index contributed by atoms with van der Waals surface area (Å²) in [6.45, 7) is 19.2. The van der Waals surface area contributed by atoms with Crippen LogP contribution in [0.25, 0.3) is 0 Å². The summed E-state index contributed by atoms with van der Waals surface area (Å²) in [5.74, 6) is -2.25. The van der Waals surface area contributed by atoms with E-state index in [1.165, 1.54) is 0 Å². The van der Waals surface area contributed by atoms with E-state index >= 15 is 0 Å². The monoisotopic (exact) mass is 520 g/mol. The molecule has 0 aromatic heterocycles. The molecule has 0 aromatic carbocycles. The first-order valence-corrected chi connectivity index (χ1v) is 13.9. The highest BCUT2D eigenvalue weighted by atomic mass is 16.6. The normalized spacial score (nSPS) is 31.0. The lowest BCUT2D eigenvalue weighted by molar-refractivity contribution is -0.161. The highest BCUT2D eigenvalue weighted by molar-refractivity contribution is 5.98. The lowest BCUT2D eigenvalue weighted by Crippen LogP contribution is -2.61. The average Bonchev–Trinajstić information content (AvgIpc) is 3.34. The molecule has 3 aliphatic heterocycles. The van der Waals surface area contributed by atoms with Gasteiger partial charge >= 0.3 is 5.97 Å². The summed E-state index contributed by atoms with van der Waals surface area (Å²) in [6, 6.07) is -0.820. The molecule has 5 atom stereocenters. The van der Waals surface area contributed by atoms with Gasteiger partial charge in [-0.15, -0.1) is 6.58 Å². The summed E-state index contributed by atoms with van der Waals surface area (Å²) in [5, 5.41) is 9.23. The van der Waals surface area contributed by atoms with E-state index in [1.54, 1.807) is 17.9 Å². The van der Waals surface area contributed by atoms with Gasteiger partial charge in [0.1, 0.15) is 17.6 Å². The molecule has 37 heavy (non-hydrogen) atoms. The Morgan fingerprint density at radius 3 is 2.46 bits per heavy atom. The molecule has 0 saturated carbocycles. The maximum Gasteiger partial charge on any atom is 0.312 e. The molecule has 3 saturated heterocycles. The number of carbonyl (C=O) groups is 3. The SMILES string of the molecule is C=CCN(C(=O)C1N(CCCCCO)C(=O)[C@@H]2[C@H](C(=O)OCC)[C@]3(C)CCC12O3)C(C)(C)CC(C)(C)C. The summed E-state index contributed by atoms with van der Waals surface area (Å²) in [5.41, 5.74) is -2.41. The average molecular weight is 521 g/mol. The van der Waals surface area contributed by atoms with Gasteiger partial charge in [-0.1, -0.05) is 26.8 Å². The Morgan fingerprint density at radius 1 is 1.22 bits per heavy atom. The number of hydrogen-bond donors (Lipinski definition) is 1. The van der Waals surface area contributed by atoms with Crippen LogP contribution in [0.5, 0.6) is 0 Å². The number of hydrogen-bond acceptors (Lipinski definition) is 6. The van der Waals surface area contributed by atoms with E-state index in [0.29, 0.717) is 38.8 Å². The van der Waals surface area contributed by atoms with Crippen molar-refractivity contribution < 1.29 is 29.0 Å². The van der Waals surface area contributed by atoms with Crippen LogP contribution in [0, 0.1) is 17.3 Å². The van der Waals surface area contributed by atoms with Crippen molar-refractivity contribution in [2.45, 2.75) is 110 Å². The minimum atomic E-state index is -1.06. The van der Waals surface area contributed by atoms with E-state index in [4.69, 9.17) is 9.47 Å². The molecule has 8 nitrogen and oxygen atoms in total. The Labute approximate surface area is 222 Å². The smallest absolute Gasteiger partial charge is 0.312 e. The second-order valence-electron chi connectivity index (χ2n) is 13.1. The van der Waals surface area contributed by atoms with E-state index in [-0.39, 0.29) is 30.4 Å². The van der Waals surface area contributed by atoms with Crippen molar-refractivity contribution in [2.75, 3.05) is 26.3 Å². The third kappa shape index (κ3) is 5.33. The Balaban J connectivity index is 2.06. The highest BCUT2D eigenvalue weighted by Crippen LogP contribution is 2.63. The Bertz CT molecular complexity index is 895. The van der Waals surface area contributed by atoms with Crippen molar-refractivity contribution in [3.8, 4) is 0 Å². The number of carbonyl (C=O) groups excluding carboxylic acids is 3. The van der Waals surface area contributed by atoms with Crippen LogP contribution in [-0.2, 0) is 23.9 Å². The van der Waals surface area contributed by atoms with Gasteiger partial charge in [0.05, 0.1) is 18.1 Å². The molecule has 0 aromatic rings. The first kappa shape index (κ1) is 29.6. The van der Waals surface area contributed by atoms with Crippen LogP contribution in [0.1, 0.15) is 87.0 Å². The van der Waals surface area contributed by atoms with Crippen molar-refractivity contribution >= 4 is 17.8 Å². The van der Waals surface area contributed by atoms with Crippen LogP contribution >= 0.6 is 0 Å². The molecule has 3 heterocycles. The Morgan fingerprint density at radius 2 is 1.89 bits per heavy atom. The molecule has 2 bridgehead atoms. The molecule has 8 heteroatoms. The largest absolute Gasteiger partial charge is 0.466 e. The Kier molecular flexibility index (Phi) is 8.55. The number of aliphatic hydroxyl groups is 1. The standard InChI is InChI=1S/C29H48N2O6/c1-9-16-31(27(6,7)19-26(3,4)5)24(34)22-29-15-14-28(8,37-29)21(25(35)36-10-2)20(29)23(33)30(22)17-12-11-13-18-32/h9,20-22,32H,1,10-19H2,2-8H3/t20-,21+,22?,28-,29?/m0/s1. The number of ether oxygens (including phenoxy) is 2. The predicted octanol–water partition coefficient (Wildman–Crippen LogP) is 3.71. The molecule has 1 N–H and O–H groups in total. The zero-order valence-corrected chi connectivity index (χ0v) is 24.0. The van der Waals surface area contributed by atoms with Crippen LogP contribution < -0.4 is 0 Å². The third-order valence-corrected chi connectivity index (χ3v) is 8.38. The van der Waals surface area contributed by atoms with Crippen LogP contribution in [0.4, 0.5) is 0 Å². The fourth-order valence-corrected chi connectivity index (χ4v) is 7.41. The molecule has 3 aliphatic rings. The predicted molar refractivity (Wildman–Crippen MR) is 142 cm³/mol. The minimum absolute atomic E-state index is 0.0235. The summed E-state index contributed by atoms with van der Waals surface area (Å²) in [7, 11) is 0. The van der Waals surface area contributed by atoms with Crippen molar-refractivity contribution in [2.24, 2.45) is 17.3 Å². The van der Waals surface area contributed by atoms with Gasteiger partial charge in [0.15, 0.2) is 0 Å². The van der Waals surface area contributed by atoms with E-state index in [2.05, 4.69) is 41.2 Å². The van der Waals surface area contributed by atoms with E-state index in [0.717, 1.165) is 12.8 Å². The molecule has 3 rings (SSSR count). The van der Waals surface area contributed by atoms with Gasteiger partial charge in [-0.05, 0) is 71.6 Å². The molecular weight excluding hydrogens is 472 g/mol. The summed E-state index contributed by atoms with van der Waals surface area (Å²) >= 11 is 0. The zero-order valence-electron chi connectivity index (χ0n) is 24.0. The quantitative estimate of drug-likeness (QED) is 0.239. The van der Waals surface area contributed by atoms with Crippen molar-refractivity contribution in [3.05, 3.63) is 12.7 Å². The van der Waals surface area contributed by atoms with Crippen molar-refractivity contribution in [3.63, 3.8) is 0 Å². The second-order valence-corrected chi connectivity index (χ2v) is 13.1. The second kappa shape index (κ2) is 10.7. The zero-order chi connectivity index (χ0) is 27.8. The van der Waals surface area contributed by atoms with Gasteiger partial charge < -0.3 is 24.4 Å². The first-order chi connectivity index (χ1) is 17.2. The number of likely N-dealkylation sites (tertiary alicyclic amines) is 1. The van der Waals surface area contributed by atoms with Crippen LogP contribution in [0.3, 0.4) is 0 Å². The van der Waals surface area contributed by atoms with Gasteiger partial charge in [0.2, 0.25) is 11.8 Å². The molecule has 1 spiro atoms. The molecule has 0 radical (unpaired) electrons. The summed E-state index contributed by atoms with van der Waals surface area (Å²) in [4.78, 5) is 45.3. The maximum atomic E-state index is 14.6. The number of nitrogens with zero attached hydrogens (tertiary/aromatic N) is 2. The van der Waals surface area contributed by atoms with Crippen LogP contribution in [-0.4, -0.2) is 81.8 Å². The summed E-state index contributed by atoms with van der Waals surface area (Å²) < 4.78 is 12.1. The number of unbranched alkanes of at least 4 members (excludes halogenated alkanes) is 2. The maximum absolute atomic E-state index is 14.6. The van der Waals surface area contributed by atoms with E-state index in [1.807, 2.05) is 11.8 Å². The van der Waals surface area contributed by atoms with Gasteiger partial charge in [-0.3, -0.25) is 14.4 Å². The highest BCUT2D eigenvalue weighted by Gasteiger charge is 2.78. The molecular formula is C29H48N2O6. The fourth-order valence-electron chi connectivity index (χ4n) is 7.41. The topological polar surface area (TPSA) is 96.4 Å². The van der Waals surface area contributed by atoms with E-state index < -0.39 is 40.6 Å². The molecule has 3 fully saturated rings.